The van der Waals surface area contributed by atoms with E-state index in [1.54, 1.807) is 0 Å². The molecule has 2 aliphatic carbocycles. The molecule has 0 aromatic carbocycles. The first-order chi connectivity index (χ1) is 7.68. The first kappa shape index (κ1) is 11.0. The van der Waals surface area contributed by atoms with Crippen LogP contribution in [0.1, 0.15) is 46.0 Å². The van der Waals surface area contributed by atoms with Gasteiger partial charge in [0.15, 0.2) is 0 Å². The fourth-order valence-corrected chi connectivity index (χ4v) is 3.58. The summed E-state index contributed by atoms with van der Waals surface area (Å²) in [6.45, 7) is 8.56. The highest BCUT2D eigenvalue weighted by atomic mass is 15.2. The van der Waals surface area contributed by atoms with Gasteiger partial charge in [0.1, 0.15) is 0 Å². The van der Waals surface area contributed by atoms with Crippen LogP contribution in [-0.4, -0.2) is 36.6 Å². The van der Waals surface area contributed by atoms with E-state index in [-0.39, 0.29) is 0 Å². The van der Waals surface area contributed by atoms with Crippen molar-refractivity contribution < 1.29 is 0 Å². The number of rotatable bonds is 5. The average Bonchev–Trinajstić information content (AvgIpc) is 3.06. The molecule has 3 rings (SSSR count). The van der Waals surface area contributed by atoms with Crippen molar-refractivity contribution in [2.24, 2.45) is 11.3 Å². The molecule has 1 atom stereocenters. The Kier molecular flexibility index (Phi) is 2.75. The molecule has 3 fully saturated rings. The van der Waals surface area contributed by atoms with E-state index < -0.39 is 0 Å². The SMILES string of the molecule is CC(C)NC1CCN(CC2(C3CC3)CC2)C1. The Hall–Kier alpha value is -0.0800. The molecule has 92 valence electrons. The highest BCUT2D eigenvalue weighted by Crippen LogP contribution is 2.61. The molecule has 1 unspecified atom stereocenters. The van der Waals surface area contributed by atoms with E-state index >= 15 is 0 Å². The van der Waals surface area contributed by atoms with Crippen LogP contribution in [0.4, 0.5) is 0 Å². The van der Waals surface area contributed by atoms with Crippen LogP contribution < -0.4 is 5.32 Å². The molecule has 2 heteroatoms. The van der Waals surface area contributed by atoms with Crippen molar-refractivity contribution in [2.75, 3.05) is 19.6 Å². The topological polar surface area (TPSA) is 15.3 Å². The van der Waals surface area contributed by atoms with Gasteiger partial charge in [0.2, 0.25) is 0 Å². The van der Waals surface area contributed by atoms with Gasteiger partial charge in [0.05, 0.1) is 0 Å². The summed E-state index contributed by atoms with van der Waals surface area (Å²) in [7, 11) is 0. The first-order valence-electron chi connectivity index (χ1n) is 7.16. The lowest BCUT2D eigenvalue weighted by Crippen LogP contribution is -2.38. The van der Waals surface area contributed by atoms with E-state index in [1.165, 1.54) is 51.7 Å². The minimum Gasteiger partial charge on any atom is -0.310 e. The zero-order valence-electron chi connectivity index (χ0n) is 10.8. The molecule has 16 heavy (non-hydrogen) atoms. The van der Waals surface area contributed by atoms with Gasteiger partial charge in [0.25, 0.3) is 0 Å². The molecule has 1 aliphatic heterocycles. The van der Waals surface area contributed by atoms with Crippen LogP contribution in [0, 0.1) is 11.3 Å². The van der Waals surface area contributed by atoms with Crippen molar-refractivity contribution in [3.63, 3.8) is 0 Å². The Morgan fingerprint density at radius 3 is 2.56 bits per heavy atom. The van der Waals surface area contributed by atoms with E-state index in [2.05, 4.69) is 24.1 Å². The third kappa shape index (κ3) is 2.28. The summed E-state index contributed by atoms with van der Waals surface area (Å²) in [6.07, 6.45) is 7.47. The second kappa shape index (κ2) is 3.99. The summed E-state index contributed by atoms with van der Waals surface area (Å²) in [5, 5.41) is 3.68. The van der Waals surface area contributed by atoms with Gasteiger partial charge in [-0.1, -0.05) is 13.8 Å². The Morgan fingerprint density at radius 1 is 1.25 bits per heavy atom. The molecule has 1 heterocycles. The molecule has 0 spiro atoms. The van der Waals surface area contributed by atoms with Crippen molar-refractivity contribution in [1.29, 1.82) is 0 Å². The van der Waals surface area contributed by atoms with E-state index in [0.29, 0.717) is 6.04 Å². The molecular weight excluding hydrogens is 196 g/mol. The predicted molar refractivity (Wildman–Crippen MR) is 67.5 cm³/mol. The predicted octanol–water partition coefficient (Wildman–Crippen LogP) is 2.25. The lowest BCUT2D eigenvalue weighted by molar-refractivity contribution is 0.237. The number of nitrogens with zero attached hydrogens (tertiary/aromatic N) is 1. The maximum Gasteiger partial charge on any atom is 0.0209 e. The molecule has 2 saturated carbocycles. The lowest BCUT2D eigenvalue weighted by Gasteiger charge is -2.23. The largest absolute Gasteiger partial charge is 0.310 e. The molecule has 0 aromatic heterocycles. The standard InChI is InChI=1S/C14H26N2/c1-11(2)15-13-5-8-16(9-13)10-14(6-7-14)12-3-4-12/h11-13,15H,3-10H2,1-2H3. The normalized spacial score (nSPS) is 33.6. The average molecular weight is 222 g/mol. The number of likely N-dealkylation sites (tertiary alicyclic amines) is 1. The van der Waals surface area contributed by atoms with Gasteiger partial charge >= 0.3 is 0 Å². The Bertz CT molecular complexity index is 253. The highest BCUT2D eigenvalue weighted by Gasteiger charge is 2.54. The Labute approximate surface area is 99.8 Å². The van der Waals surface area contributed by atoms with Gasteiger partial charge < -0.3 is 10.2 Å². The van der Waals surface area contributed by atoms with E-state index in [9.17, 15) is 0 Å². The Morgan fingerprint density at radius 2 is 2.00 bits per heavy atom. The molecule has 2 nitrogen and oxygen atoms in total. The maximum absolute atomic E-state index is 3.68. The van der Waals surface area contributed by atoms with Crippen LogP contribution in [-0.2, 0) is 0 Å². The lowest BCUT2D eigenvalue weighted by atomic mass is 10.0. The van der Waals surface area contributed by atoms with Gasteiger partial charge in [-0.25, -0.2) is 0 Å². The van der Waals surface area contributed by atoms with Crippen LogP contribution >= 0.6 is 0 Å². The van der Waals surface area contributed by atoms with Crippen LogP contribution in [0.2, 0.25) is 0 Å². The first-order valence-corrected chi connectivity index (χ1v) is 7.16. The molecule has 0 bridgehead atoms. The molecule has 0 amide bonds. The summed E-state index contributed by atoms with van der Waals surface area (Å²) in [4.78, 5) is 2.73. The number of hydrogen-bond donors (Lipinski definition) is 1. The molecule has 1 N–H and O–H groups in total. The van der Waals surface area contributed by atoms with Crippen molar-refractivity contribution in [3.8, 4) is 0 Å². The second-order valence-corrected chi connectivity index (χ2v) is 6.68. The quantitative estimate of drug-likeness (QED) is 0.767. The zero-order chi connectivity index (χ0) is 11.2. The maximum atomic E-state index is 3.68. The van der Waals surface area contributed by atoms with Crippen molar-refractivity contribution >= 4 is 0 Å². The minimum atomic E-state index is 0.642. The number of nitrogens with one attached hydrogen (secondary N) is 1. The van der Waals surface area contributed by atoms with Crippen molar-refractivity contribution in [1.82, 2.24) is 10.2 Å². The third-order valence-corrected chi connectivity index (χ3v) is 4.72. The van der Waals surface area contributed by atoms with Gasteiger partial charge in [-0.2, -0.15) is 0 Å². The summed E-state index contributed by atoms with van der Waals surface area (Å²) in [5.41, 5.74) is 0.798. The molecular formula is C14H26N2. The van der Waals surface area contributed by atoms with E-state index in [0.717, 1.165) is 17.4 Å². The zero-order valence-corrected chi connectivity index (χ0v) is 10.8. The fourth-order valence-electron chi connectivity index (χ4n) is 3.58. The van der Waals surface area contributed by atoms with Crippen LogP contribution in [0.5, 0.6) is 0 Å². The van der Waals surface area contributed by atoms with Crippen molar-refractivity contribution in [2.45, 2.75) is 58.0 Å². The smallest absolute Gasteiger partial charge is 0.0209 e. The van der Waals surface area contributed by atoms with E-state index in [1.807, 2.05) is 0 Å². The summed E-state index contributed by atoms with van der Waals surface area (Å²) in [5.74, 6) is 1.12. The van der Waals surface area contributed by atoms with Crippen LogP contribution in [0.15, 0.2) is 0 Å². The number of hydrogen-bond acceptors (Lipinski definition) is 2. The summed E-state index contributed by atoms with van der Waals surface area (Å²) < 4.78 is 0. The van der Waals surface area contributed by atoms with Crippen LogP contribution in [0.25, 0.3) is 0 Å². The summed E-state index contributed by atoms with van der Waals surface area (Å²) >= 11 is 0. The Balaban J connectivity index is 1.47. The molecule has 0 aromatic rings. The monoisotopic (exact) mass is 222 g/mol. The third-order valence-electron chi connectivity index (χ3n) is 4.72. The molecule has 3 aliphatic rings. The highest BCUT2D eigenvalue weighted by molar-refractivity contribution is 5.06. The van der Waals surface area contributed by atoms with Crippen molar-refractivity contribution in [3.05, 3.63) is 0 Å². The van der Waals surface area contributed by atoms with Gasteiger partial charge in [-0.15, -0.1) is 0 Å². The minimum absolute atomic E-state index is 0.642. The van der Waals surface area contributed by atoms with Gasteiger partial charge in [0, 0.05) is 25.2 Å². The molecule has 1 saturated heterocycles. The van der Waals surface area contributed by atoms with Crippen LogP contribution in [0.3, 0.4) is 0 Å². The fraction of sp³-hybridized carbons (Fsp3) is 1.00. The van der Waals surface area contributed by atoms with Gasteiger partial charge in [-0.3, -0.25) is 0 Å². The molecule has 0 radical (unpaired) electrons. The second-order valence-electron chi connectivity index (χ2n) is 6.68. The van der Waals surface area contributed by atoms with Gasteiger partial charge in [-0.05, 0) is 50.0 Å². The van der Waals surface area contributed by atoms with E-state index in [4.69, 9.17) is 0 Å². The summed E-state index contributed by atoms with van der Waals surface area (Å²) in [6, 6.07) is 1.40.